The summed E-state index contributed by atoms with van der Waals surface area (Å²) in [4.78, 5) is 28.7. The van der Waals surface area contributed by atoms with Gasteiger partial charge in [-0.15, -0.1) is 0 Å². The lowest BCUT2D eigenvalue weighted by molar-refractivity contribution is -0.141. The molecule has 2 amide bonds. The van der Waals surface area contributed by atoms with Gasteiger partial charge in [0.05, 0.1) is 19.1 Å². The van der Waals surface area contributed by atoms with Crippen molar-refractivity contribution in [3.05, 3.63) is 65.7 Å². The third kappa shape index (κ3) is 5.81. The standard InChI is InChI=1S/C24H28F2N2O3/c1-17(19-8-9-21(25)22(26)16-19)27(2)24(30)18-10-13-28(14-11-18)23(29)12-15-31-20-6-4-3-5-7-20/h3-9,16-18H,10-15H2,1-2H3. The molecule has 1 aliphatic heterocycles. The molecular weight excluding hydrogens is 402 g/mol. The monoisotopic (exact) mass is 430 g/mol. The van der Waals surface area contributed by atoms with E-state index in [2.05, 4.69) is 0 Å². The highest BCUT2D eigenvalue weighted by Gasteiger charge is 2.31. The van der Waals surface area contributed by atoms with Crippen LogP contribution >= 0.6 is 0 Å². The van der Waals surface area contributed by atoms with Gasteiger partial charge in [0.25, 0.3) is 0 Å². The van der Waals surface area contributed by atoms with Crippen molar-refractivity contribution in [2.45, 2.75) is 32.2 Å². The van der Waals surface area contributed by atoms with E-state index in [4.69, 9.17) is 4.74 Å². The number of piperidine rings is 1. The first kappa shape index (κ1) is 22.7. The number of hydrogen-bond donors (Lipinski definition) is 0. The molecule has 2 aromatic rings. The van der Waals surface area contributed by atoms with Gasteiger partial charge in [0.15, 0.2) is 11.6 Å². The minimum Gasteiger partial charge on any atom is -0.493 e. The van der Waals surface area contributed by atoms with Crippen LogP contribution in [0.5, 0.6) is 5.75 Å². The lowest BCUT2D eigenvalue weighted by Gasteiger charge is -2.35. The van der Waals surface area contributed by atoms with Crippen LogP contribution in [-0.4, -0.2) is 48.4 Å². The van der Waals surface area contributed by atoms with Gasteiger partial charge in [-0.25, -0.2) is 8.78 Å². The Labute approximate surface area is 181 Å². The summed E-state index contributed by atoms with van der Waals surface area (Å²) in [6, 6.07) is 12.7. The minimum atomic E-state index is -0.923. The van der Waals surface area contributed by atoms with Gasteiger partial charge in [0.1, 0.15) is 5.75 Å². The van der Waals surface area contributed by atoms with Crippen molar-refractivity contribution < 1.29 is 23.1 Å². The second kappa shape index (κ2) is 10.4. The van der Waals surface area contributed by atoms with Gasteiger partial charge in [0.2, 0.25) is 11.8 Å². The lowest BCUT2D eigenvalue weighted by Crippen LogP contribution is -2.44. The SMILES string of the molecule is CC(c1ccc(F)c(F)c1)N(C)C(=O)C1CCN(C(=O)CCOc2ccccc2)CC1. The zero-order chi connectivity index (χ0) is 22.4. The summed E-state index contributed by atoms with van der Waals surface area (Å²) < 4.78 is 32.3. The number of nitrogens with zero attached hydrogens (tertiary/aromatic N) is 2. The number of benzene rings is 2. The maximum absolute atomic E-state index is 13.5. The molecule has 1 fully saturated rings. The third-order valence-corrected chi connectivity index (χ3v) is 5.88. The highest BCUT2D eigenvalue weighted by Crippen LogP contribution is 2.26. The van der Waals surface area contributed by atoms with Crippen LogP contribution in [0.2, 0.25) is 0 Å². The quantitative estimate of drug-likeness (QED) is 0.662. The average molecular weight is 430 g/mol. The minimum absolute atomic E-state index is 0.0188. The third-order valence-electron chi connectivity index (χ3n) is 5.88. The lowest BCUT2D eigenvalue weighted by atomic mass is 9.94. The summed E-state index contributed by atoms with van der Waals surface area (Å²) in [5, 5.41) is 0. The van der Waals surface area contributed by atoms with Crippen molar-refractivity contribution in [3.8, 4) is 5.75 Å². The molecule has 7 heteroatoms. The predicted octanol–water partition coefficient (Wildman–Crippen LogP) is 4.19. The Morgan fingerprint density at radius 2 is 1.77 bits per heavy atom. The molecule has 1 saturated heterocycles. The number of carbonyl (C=O) groups excluding carboxylic acids is 2. The molecule has 1 heterocycles. The number of halogens is 2. The van der Waals surface area contributed by atoms with Crippen molar-refractivity contribution in [1.29, 1.82) is 0 Å². The Kier molecular flexibility index (Phi) is 7.60. The molecule has 0 spiro atoms. The van der Waals surface area contributed by atoms with Crippen LogP contribution < -0.4 is 4.74 Å². The molecule has 0 aromatic heterocycles. The number of rotatable bonds is 7. The van der Waals surface area contributed by atoms with Gasteiger partial charge >= 0.3 is 0 Å². The normalized spacial score (nSPS) is 15.4. The van der Waals surface area contributed by atoms with E-state index in [1.165, 1.54) is 6.07 Å². The molecule has 31 heavy (non-hydrogen) atoms. The zero-order valence-electron chi connectivity index (χ0n) is 17.9. The molecular formula is C24H28F2N2O3. The summed E-state index contributed by atoms with van der Waals surface area (Å²) in [5.41, 5.74) is 0.542. The van der Waals surface area contributed by atoms with Gasteiger partial charge in [-0.1, -0.05) is 24.3 Å². The number of hydrogen-bond acceptors (Lipinski definition) is 3. The Morgan fingerprint density at radius 3 is 2.42 bits per heavy atom. The number of likely N-dealkylation sites (tertiary alicyclic amines) is 1. The van der Waals surface area contributed by atoms with E-state index in [1.54, 1.807) is 23.8 Å². The first-order chi connectivity index (χ1) is 14.9. The number of para-hydroxylation sites is 1. The van der Waals surface area contributed by atoms with Crippen LogP contribution in [0.1, 0.15) is 37.8 Å². The van der Waals surface area contributed by atoms with E-state index in [1.807, 2.05) is 30.3 Å². The van der Waals surface area contributed by atoms with E-state index < -0.39 is 11.6 Å². The Balaban J connectivity index is 1.46. The van der Waals surface area contributed by atoms with Gasteiger partial charge in [-0.2, -0.15) is 0 Å². The van der Waals surface area contributed by atoms with E-state index in [-0.39, 0.29) is 23.8 Å². The Bertz CT molecular complexity index is 899. The molecule has 166 valence electrons. The molecule has 1 unspecified atom stereocenters. The van der Waals surface area contributed by atoms with Crippen molar-refractivity contribution in [1.82, 2.24) is 9.80 Å². The molecule has 0 N–H and O–H groups in total. The molecule has 2 aromatic carbocycles. The van der Waals surface area contributed by atoms with E-state index in [9.17, 15) is 18.4 Å². The average Bonchev–Trinajstić information content (AvgIpc) is 2.80. The molecule has 1 atom stereocenters. The van der Waals surface area contributed by atoms with Crippen LogP contribution in [0.15, 0.2) is 48.5 Å². The second-order valence-corrected chi connectivity index (χ2v) is 7.87. The van der Waals surface area contributed by atoms with Gasteiger partial charge in [0, 0.05) is 26.1 Å². The van der Waals surface area contributed by atoms with E-state index >= 15 is 0 Å². The smallest absolute Gasteiger partial charge is 0.226 e. The highest BCUT2D eigenvalue weighted by atomic mass is 19.2. The molecule has 0 aliphatic carbocycles. The Morgan fingerprint density at radius 1 is 1.10 bits per heavy atom. The summed E-state index contributed by atoms with van der Waals surface area (Å²) in [6.07, 6.45) is 1.46. The molecule has 3 rings (SSSR count). The van der Waals surface area contributed by atoms with Crippen molar-refractivity contribution in [3.63, 3.8) is 0 Å². The predicted molar refractivity (Wildman–Crippen MR) is 113 cm³/mol. The number of ether oxygens (including phenoxy) is 1. The topological polar surface area (TPSA) is 49.9 Å². The first-order valence-corrected chi connectivity index (χ1v) is 10.5. The fourth-order valence-corrected chi connectivity index (χ4v) is 3.78. The van der Waals surface area contributed by atoms with Crippen LogP contribution in [0, 0.1) is 17.6 Å². The van der Waals surface area contributed by atoms with Crippen LogP contribution in [0.25, 0.3) is 0 Å². The summed E-state index contributed by atoms with van der Waals surface area (Å²) in [6.45, 7) is 3.15. The fraction of sp³-hybridized carbons (Fsp3) is 0.417. The van der Waals surface area contributed by atoms with Crippen LogP contribution in [0.3, 0.4) is 0 Å². The van der Waals surface area contributed by atoms with Crippen molar-refractivity contribution >= 4 is 11.8 Å². The number of carbonyl (C=O) groups is 2. The Hall–Kier alpha value is -2.96. The van der Waals surface area contributed by atoms with E-state index in [0.717, 1.165) is 17.9 Å². The summed E-state index contributed by atoms with van der Waals surface area (Å²) in [5.74, 6) is -1.31. The largest absolute Gasteiger partial charge is 0.493 e. The van der Waals surface area contributed by atoms with Gasteiger partial charge < -0.3 is 14.5 Å². The molecule has 0 bridgehead atoms. The first-order valence-electron chi connectivity index (χ1n) is 10.5. The van der Waals surface area contributed by atoms with Gasteiger partial charge in [-0.3, -0.25) is 9.59 Å². The summed E-state index contributed by atoms with van der Waals surface area (Å²) >= 11 is 0. The summed E-state index contributed by atoms with van der Waals surface area (Å²) in [7, 11) is 1.67. The molecule has 0 saturated carbocycles. The van der Waals surface area contributed by atoms with Crippen molar-refractivity contribution in [2.75, 3.05) is 26.7 Å². The van der Waals surface area contributed by atoms with Crippen LogP contribution in [0.4, 0.5) is 8.78 Å². The molecule has 1 aliphatic rings. The number of amides is 2. The second-order valence-electron chi connectivity index (χ2n) is 7.87. The zero-order valence-corrected chi connectivity index (χ0v) is 17.9. The van der Waals surface area contributed by atoms with Gasteiger partial charge in [-0.05, 0) is 49.6 Å². The molecule has 5 nitrogen and oxygen atoms in total. The fourth-order valence-electron chi connectivity index (χ4n) is 3.78. The highest BCUT2D eigenvalue weighted by molar-refractivity contribution is 5.80. The van der Waals surface area contributed by atoms with Crippen molar-refractivity contribution in [2.24, 2.45) is 5.92 Å². The van der Waals surface area contributed by atoms with Crippen LogP contribution in [-0.2, 0) is 9.59 Å². The maximum Gasteiger partial charge on any atom is 0.226 e. The molecule has 0 radical (unpaired) electrons. The maximum atomic E-state index is 13.5. The van der Waals surface area contributed by atoms with E-state index in [0.29, 0.717) is 44.5 Å².